The van der Waals surface area contributed by atoms with Crippen LogP contribution in [0.15, 0.2) is 59.1 Å². The predicted molar refractivity (Wildman–Crippen MR) is 139 cm³/mol. The van der Waals surface area contributed by atoms with E-state index in [1.165, 1.54) is 24.3 Å². The predicted octanol–water partition coefficient (Wildman–Crippen LogP) is 8.04. The second kappa shape index (κ2) is 9.40. The minimum Gasteiger partial charge on any atom is -0.489 e. The van der Waals surface area contributed by atoms with Crippen LogP contribution in [0.4, 0.5) is 8.78 Å². The summed E-state index contributed by atoms with van der Waals surface area (Å²) in [5.74, 6) is -3.19. The topological polar surface area (TPSA) is 72.6 Å². The van der Waals surface area contributed by atoms with E-state index >= 15 is 8.78 Å². The number of rotatable bonds is 6. The van der Waals surface area contributed by atoms with Crippen molar-refractivity contribution >= 4 is 29.2 Å². The number of hydrogen-bond donors (Lipinski definition) is 1. The minimum atomic E-state index is -3.34. The van der Waals surface area contributed by atoms with Crippen LogP contribution in [0.3, 0.4) is 0 Å². The van der Waals surface area contributed by atoms with E-state index in [-0.39, 0.29) is 29.2 Å². The van der Waals surface area contributed by atoms with Gasteiger partial charge in [-0.2, -0.15) is 8.78 Å². The SMILES string of the molecule is O=C(O)c1ccc2c(c1)C(F)(F)c1ccc(OCc3c(-c4c(Cl)cccc4Cl)noc3C3CC3)cc1CC2. The zero-order valence-electron chi connectivity index (χ0n) is 19.9. The molecule has 38 heavy (non-hydrogen) atoms. The van der Waals surface area contributed by atoms with E-state index in [2.05, 4.69) is 5.16 Å². The fourth-order valence-electron chi connectivity index (χ4n) is 5.01. The van der Waals surface area contributed by atoms with Gasteiger partial charge in [-0.05, 0) is 79.3 Å². The molecule has 6 rings (SSSR count). The zero-order valence-corrected chi connectivity index (χ0v) is 21.5. The summed E-state index contributed by atoms with van der Waals surface area (Å²) in [6, 6.07) is 13.6. The Hall–Kier alpha value is -3.42. The molecule has 9 heteroatoms. The number of aromatic nitrogens is 1. The molecule has 4 aromatic rings. The molecule has 0 atom stereocenters. The molecule has 3 aromatic carbocycles. The van der Waals surface area contributed by atoms with Crippen LogP contribution in [-0.2, 0) is 25.4 Å². The first-order valence-corrected chi connectivity index (χ1v) is 12.9. The fourth-order valence-corrected chi connectivity index (χ4v) is 5.59. The van der Waals surface area contributed by atoms with E-state index in [9.17, 15) is 9.90 Å². The number of halogens is 4. The summed E-state index contributed by atoms with van der Waals surface area (Å²) in [6.07, 6.45) is 2.68. The number of ether oxygens (including phenoxy) is 1. The summed E-state index contributed by atoms with van der Waals surface area (Å²) < 4.78 is 43.0. The van der Waals surface area contributed by atoms with Gasteiger partial charge in [0.05, 0.1) is 21.2 Å². The van der Waals surface area contributed by atoms with Gasteiger partial charge >= 0.3 is 5.97 Å². The average Bonchev–Trinajstić information content (AvgIpc) is 3.67. The molecule has 0 unspecified atom stereocenters. The number of benzene rings is 3. The van der Waals surface area contributed by atoms with Crippen molar-refractivity contribution in [3.05, 3.63) is 104 Å². The van der Waals surface area contributed by atoms with Crippen LogP contribution in [-0.4, -0.2) is 16.2 Å². The highest BCUT2D eigenvalue weighted by atomic mass is 35.5. The molecule has 1 saturated carbocycles. The number of carboxylic acids is 1. The number of carboxylic acid groups (broad SMARTS) is 1. The van der Waals surface area contributed by atoms with Crippen molar-refractivity contribution in [1.29, 1.82) is 0 Å². The van der Waals surface area contributed by atoms with E-state index in [1.54, 1.807) is 24.3 Å². The standard InChI is InChI=1S/C29H21Cl2F2NO4/c30-23-2-1-3-24(31)25(23)26-20(27(38-34-26)16-6-7-16)14-37-19-10-11-21-17(12-19)8-4-15-5-9-18(28(35)36)13-22(15)29(21,32)33/h1-3,5,9-13,16H,4,6-8,14H2,(H,35,36). The Morgan fingerprint density at radius 2 is 1.76 bits per heavy atom. The van der Waals surface area contributed by atoms with Crippen LogP contribution < -0.4 is 4.74 Å². The summed E-state index contributed by atoms with van der Waals surface area (Å²) in [4.78, 5) is 11.4. The number of carbonyl (C=O) groups is 1. The summed E-state index contributed by atoms with van der Waals surface area (Å²) in [6.45, 7) is 0.101. The maximum atomic E-state index is 15.6. The first-order chi connectivity index (χ1) is 18.2. The van der Waals surface area contributed by atoms with Crippen molar-refractivity contribution in [3.63, 3.8) is 0 Å². The third-order valence-electron chi connectivity index (χ3n) is 7.12. The molecule has 0 radical (unpaired) electrons. The molecule has 2 aliphatic carbocycles. The number of fused-ring (bicyclic) bond motifs is 2. The first kappa shape index (κ1) is 24.9. The Kier molecular flexibility index (Phi) is 6.16. The Morgan fingerprint density at radius 1 is 1.03 bits per heavy atom. The monoisotopic (exact) mass is 555 g/mol. The molecule has 2 aliphatic rings. The van der Waals surface area contributed by atoms with Crippen molar-refractivity contribution < 1.29 is 27.9 Å². The lowest BCUT2D eigenvalue weighted by Crippen LogP contribution is -2.18. The minimum absolute atomic E-state index is 0.101. The van der Waals surface area contributed by atoms with E-state index in [4.69, 9.17) is 32.5 Å². The van der Waals surface area contributed by atoms with Gasteiger partial charge in [-0.15, -0.1) is 0 Å². The second-order valence-electron chi connectivity index (χ2n) is 9.60. The molecule has 1 aromatic heterocycles. The maximum absolute atomic E-state index is 15.6. The summed E-state index contributed by atoms with van der Waals surface area (Å²) in [5.41, 5.74) is 2.08. The molecule has 1 fully saturated rings. The summed E-state index contributed by atoms with van der Waals surface area (Å²) >= 11 is 12.9. The number of aryl methyl sites for hydroxylation is 2. The first-order valence-electron chi connectivity index (χ1n) is 12.2. The number of hydrogen-bond acceptors (Lipinski definition) is 4. The van der Waals surface area contributed by atoms with Crippen molar-refractivity contribution in [1.82, 2.24) is 5.16 Å². The molecule has 5 nitrogen and oxygen atoms in total. The summed E-state index contributed by atoms with van der Waals surface area (Å²) in [5, 5.41) is 14.4. The molecular weight excluding hydrogens is 535 g/mol. The van der Waals surface area contributed by atoms with E-state index < -0.39 is 11.9 Å². The number of aromatic carboxylic acids is 1. The van der Waals surface area contributed by atoms with Gasteiger partial charge in [0.15, 0.2) is 0 Å². The third kappa shape index (κ3) is 4.33. The van der Waals surface area contributed by atoms with Crippen LogP contribution in [0.2, 0.25) is 10.0 Å². The highest BCUT2D eigenvalue weighted by Crippen LogP contribution is 2.47. The van der Waals surface area contributed by atoms with Crippen LogP contribution in [0, 0.1) is 0 Å². The van der Waals surface area contributed by atoms with Gasteiger partial charge in [0.25, 0.3) is 5.92 Å². The van der Waals surface area contributed by atoms with Crippen LogP contribution in [0.1, 0.15) is 62.7 Å². The molecule has 194 valence electrons. The van der Waals surface area contributed by atoms with Gasteiger partial charge in [-0.3, -0.25) is 0 Å². The maximum Gasteiger partial charge on any atom is 0.335 e. The van der Waals surface area contributed by atoms with Gasteiger partial charge in [0, 0.05) is 22.6 Å². The molecule has 0 amide bonds. The molecular formula is C29H21Cl2F2NO4. The van der Waals surface area contributed by atoms with Gasteiger partial charge < -0.3 is 14.4 Å². The van der Waals surface area contributed by atoms with Gasteiger partial charge in [-0.1, -0.05) is 40.5 Å². The van der Waals surface area contributed by atoms with Crippen molar-refractivity contribution in [2.45, 2.75) is 44.1 Å². The highest BCUT2D eigenvalue weighted by Gasteiger charge is 2.40. The van der Waals surface area contributed by atoms with Crippen LogP contribution in [0.25, 0.3) is 11.3 Å². The molecule has 1 heterocycles. The molecule has 0 bridgehead atoms. The zero-order chi connectivity index (χ0) is 26.6. The summed E-state index contributed by atoms with van der Waals surface area (Å²) in [7, 11) is 0. The van der Waals surface area contributed by atoms with Gasteiger partial charge in [0.1, 0.15) is 23.8 Å². The van der Waals surface area contributed by atoms with E-state index in [0.717, 1.165) is 30.2 Å². The molecule has 0 saturated heterocycles. The fraction of sp³-hybridized carbons (Fsp3) is 0.241. The van der Waals surface area contributed by atoms with Gasteiger partial charge in [-0.25, -0.2) is 4.79 Å². The lowest BCUT2D eigenvalue weighted by atomic mass is 9.94. The van der Waals surface area contributed by atoms with Crippen molar-refractivity contribution in [2.75, 3.05) is 0 Å². The highest BCUT2D eigenvalue weighted by molar-refractivity contribution is 6.39. The Bertz CT molecular complexity index is 1560. The van der Waals surface area contributed by atoms with Crippen molar-refractivity contribution in [3.8, 4) is 17.0 Å². The molecule has 1 N–H and O–H groups in total. The largest absolute Gasteiger partial charge is 0.489 e. The Morgan fingerprint density at radius 3 is 2.47 bits per heavy atom. The smallest absolute Gasteiger partial charge is 0.335 e. The van der Waals surface area contributed by atoms with E-state index in [0.29, 0.717) is 51.0 Å². The van der Waals surface area contributed by atoms with E-state index in [1.807, 2.05) is 0 Å². The number of alkyl halides is 2. The average molecular weight is 556 g/mol. The lowest BCUT2D eigenvalue weighted by Gasteiger charge is -2.20. The number of nitrogens with zero attached hydrogens (tertiary/aromatic N) is 1. The normalized spacial score (nSPS) is 15.9. The van der Waals surface area contributed by atoms with Gasteiger partial charge in [0.2, 0.25) is 0 Å². The van der Waals surface area contributed by atoms with Crippen LogP contribution >= 0.6 is 23.2 Å². The third-order valence-corrected chi connectivity index (χ3v) is 7.75. The van der Waals surface area contributed by atoms with Crippen molar-refractivity contribution in [2.24, 2.45) is 0 Å². The molecule has 0 aliphatic heterocycles. The Labute approximate surface area is 226 Å². The second-order valence-corrected chi connectivity index (χ2v) is 10.4. The quantitative estimate of drug-likeness (QED) is 0.260. The molecule has 0 spiro atoms. The van der Waals surface area contributed by atoms with Crippen LogP contribution in [0.5, 0.6) is 5.75 Å². The Balaban J connectivity index is 1.32. The lowest BCUT2D eigenvalue weighted by molar-refractivity contribution is 0.0420.